The van der Waals surface area contributed by atoms with Crippen molar-refractivity contribution in [2.75, 3.05) is 5.32 Å². The highest BCUT2D eigenvalue weighted by molar-refractivity contribution is 6.05. The summed E-state index contributed by atoms with van der Waals surface area (Å²) in [7, 11) is 0. The molecule has 6 nitrogen and oxygen atoms in total. The van der Waals surface area contributed by atoms with Crippen molar-refractivity contribution in [3.8, 4) is 5.75 Å². The van der Waals surface area contributed by atoms with Gasteiger partial charge >= 0.3 is 0 Å². The van der Waals surface area contributed by atoms with Crippen LogP contribution in [-0.2, 0) is 0 Å². The van der Waals surface area contributed by atoms with E-state index in [0.29, 0.717) is 22.4 Å². The average molecular weight is 423 g/mol. The van der Waals surface area contributed by atoms with Crippen molar-refractivity contribution in [3.05, 3.63) is 107 Å². The van der Waals surface area contributed by atoms with E-state index in [0.717, 1.165) is 16.3 Å². The first-order valence-electron chi connectivity index (χ1n) is 10.0. The summed E-state index contributed by atoms with van der Waals surface area (Å²) in [4.78, 5) is 24.8. The highest BCUT2D eigenvalue weighted by atomic mass is 16.3. The molecule has 0 bridgehead atoms. The van der Waals surface area contributed by atoms with Crippen LogP contribution in [0.5, 0.6) is 5.75 Å². The summed E-state index contributed by atoms with van der Waals surface area (Å²) in [6, 6.07) is 24.8. The summed E-state index contributed by atoms with van der Waals surface area (Å²) in [5.41, 5.74) is 5.53. The van der Waals surface area contributed by atoms with Crippen LogP contribution in [0.1, 0.15) is 31.8 Å². The van der Waals surface area contributed by atoms with E-state index >= 15 is 0 Å². The van der Waals surface area contributed by atoms with Crippen LogP contribution in [0.2, 0.25) is 0 Å². The maximum atomic E-state index is 12.4. The predicted molar refractivity (Wildman–Crippen MR) is 126 cm³/mol. The fraction of sp³-hybridized carbons (Fsp3) is 0.0385. The lowest BCUT2D eigenvalue weighted by Gasteiger charge is -2.07. The maximum absolute atomic E-state index is 12.4. The molecule has 4 aromatic carbocycles. The van der Waals surface area contributed by atoms with Crippen LogP contribution in [0.15, 0.2) is 90.0 Å². The van der Waals surface area contributed by atoms with Gasteiger partial charge in [0.1, 0.15) is 5.75 Å². The quantitative estimate of drug-likeness (QED) is 0.316. The Hall–Kier alpha value is -4.45. The summed E-state index contributed by atoms with van der Waals surface area (Å²) in [5, 5.41) is 18.7. The molecule has 0 aliphatic carbocycles. The number of phenols is 1. The van der Waals surface area contributed by atoms with Gasteiger partial charge in [0, 0.05) is 22.4 Å². The topological polar surface area (TPSA) is 90.8 Å². The number of phenolic OH excluding ortho intramolecular Hbond substituents is 1. The molecule has 158 valence electrons. The SMILES string of the molecule is Cc1cccc(C(=O)Nc2ccc(C(=O)NN=Cc3c(O)ccc4ccccc34)cc2)c1. The van der Waals surface area contributed by atoms with Crippen LogP contribution in [0.3, 0.4) is 0 Å². The molecule has 4 rings (SSSR count). The highest BCUT2D eigenvalue weighted by Crippen LogP contribution is 2.25. The lowest BCUT2D eigenvalue weighted by Crippen LogP contribution is -2.18. The molecule has 0 atom stereocenters. The molecule has 6 heteroatoms. The van der Waals surface area contributed by atoms with E-state index in [2.05, 4.69) is 15.8 Å². The molecule has 2 amide bonds. The molecule has 0 aliphatic heterocycles. The first-order valence-corrected chi connectivity index (χ1v) is 10.0. The van der Waals surface area contributed by atoms with Crippen molar-refractivity contribution in [1.29, 1.82) is 0 Å². The lowest BCUT2D eigenvalue weighted by molar-refractivity contribution is 0.0954. The Balaban J connectivity index is 1.41. The van der Waals surface area contributed by atoms with Gasteiger partial charge in [0.05, 0.1) is 6.21 Å². The number of aryl methyl sites for hydroxylation is 1. The number of fused-ring (bicyclic) bond motifs is 1. The molecular weight excluding hydrogens is 402 g/mol. The molecule has 0 aromatic heterocycles. The summed E-state index contributed by atoms with van der Waals surface area (Å²) in [6.07, 6.45) is 1.42. The molecule has 0 radical (unpaired) electrons. The Bertz CT molecular complexity index is 1330. The molecule has 0 saturated carbocycles. The lowest BCUT2D eigenvalue weighted by atomic mass is 10.0. The number of carbonyl (C=O) groups is 2. The van der Waals surface area contributed by atoms with Crippen LogP contribution in [-0.4, -0.2) is 23.1 Å². The summed E-state index contributed by atoms with van der Waals surface area (Å²) < 4.78 is 0. The van der Waals surface area contributed by atoms with E-state index in [-0.39, 0.29) is 11.7 Å². The molecule has 0 unspecified atom stereocenters. The number of hydrogen-bond acceptors (Lipinski definition) is 4. The Kier molecular flexibility index (Phi) is 5.94. The first-order chi connectivity index (χ1) is 15.5. The highest BCUT2D eigenvalue weighted by Gasteiger charge is 2.09. The number of aromatic hydroxyl groups is 1. The van der Waals surface area contributed by atoms with E-state index in [1.165, 1.54) is 6.21 Å². The second kappa shape index (κ2) is 9.14. The Morgan fingerprint density at radius 1 is 0.844 bits per heavy atom. The van der Waals surface area contributed by atoms with E-state index in [1.54, 1.807) is 36.4 Å². The van der Waals surface area contributed by atoms with Gasteiger partial charge in [-0.15, -0.1) is 0 Å². The minimum Gasteiger partial charge on any atom is -0.507 e. The van der Waals surface area contributed by atoms with Crippen LogP contribution in [0, 0.1) is 6.92 Å². The number of hydrogen-bond donors (Lipinski definition) is 3. The molecule has 32 heavy (non-hydrogen) atoms. The predicted octanol–water partition coefficient (Wildman–Crippen LogP) is 4.87. The Morgan fingerprint density at radius 3 is 2.41 bits per heavy atom. The minimum atomic E-state index is -0.405. The minimum absolute atomic E-state index is 0.0791. The Morgan fingerprint density at radius 2 is 1.62 bits per heavy atom. The number of rotatable bonds is 5. The molecule has 4 aromatic rings. The maximum Gasteiger partial charge on any atom is 0.271 e. The van der Waals surface area contributed by atoms with Gasteiger partial charge in [0.2, 0.25) is 0 Å². The fourth-order valence-corrected chi connectivity index (χ4v) is 3.33. The number of anilines is 1. The van der Waals surface area contributed by atoms with Crippen molar-refractivity contribution in [2.45, 2.75) is 6.92 Å². The zero-order valence-corrected chi connectivity index (χ0v) is 17.4. The van der Waals surface area contributed by atoms with Gasteiger partial charge in [-0.2, -0.15) is 5.10 Å². The molecule has 0 saturated heterocycles. The van der Waals surface area contributed by atoms with Gasteiger partial charge in [-0.1, -0.05) is 48.0 Å². The second-order valence-corrected chi connectivity index (χ2v) is 7.32. The van der Waals surface area contributed by atoms with Gasteiger partial charge in [0.25, 0.3) is 11.8 Å². The van der Waals surface area contributed by atoms with Gasteiger partial charge in [-0.3, -0.25) is 9.59 Å². The van der Waals surface area contributed by atoms with E-state index in [9.17, 15) is 14.7 Å². The average Bonchev–Trinajstić information content (AvgIpc) is 2.81. The molecular formula is C26H21N3O3. The monoisotopic (exact) mass is 423 g/mol. The van der Waals surface area contributed by atoms with Crippen LogP contribution < -0.4 is 10.7 Å². The fourth-order valence-electron chi connectivity index (χ4n) is 3.33. The number of nitrogens with one attached hydrogen (secondary N) is 2. The van der Waals surface area contributed by atoms with Crippen molar-refractivity contribution in [3.63, 3.8) is 0 Å². The molecule has 0 aliphatic rings. The van der Waals surface area contributed by atoms with Crippen molar-refractivity contribution in [1.82, 2.24) is 5.43 Å². The zero-order chi connectivity index (χ0) is 22.5. The van der Waals surface area contributed by atoms with Gasteiger partial charge in [0.15, 0.2) is 0 Å². The van der Waals surface area contributed by atoms with E-state index in [4.69, 9.17) is 0 Å². The first kappa shape index (κ1) is 20.8. The van der Waals surface area contributed by atoms with E-state index in [1.807, 2.05) is 55.5 Å². The Labute approximate surface area is 185 Å². The summed E-state index contributed by atoms with van der Waals surface area (Å²) >= 11 is 0. The van der Waals surface area contributed by atoms with Crippen LogP contribution >= 0.6 is 0 Å². The number of amides is 2. The zero-order valence-electron chi connectivity index (χ0n) is 17.4. The largest absolute Gasteiger partial charge is 0.507 e. The van der Waals surface area contributed by atoms with Crippen molar-refractivity contribution < 1.29 is 14.7 Å². The summed E-state index contributed by atoms with van der Waals surface area (Å²) in [5.74, 6) is -0.543. The van der Waals surface area contributed by atoms with Crippen LogP contribution in [0.25, 0.3) is 10.8 Å². The second-order valence-electron chi connectivity index (χ2n) is 7.32. The third-order valence-corrected chi connectivity index (χ3v) is 4.99. The summed E-state index contributed by atoms with van der Waals surface area (Å²) in [6.45, 7) is 1.92. The molecule has 0 heterocycles. The number of hydrazone groups is 1. The third-order valence-electron chi connectivity index (χ3n) is 4.99. The standard InChI is InChI=1S/C26H21N3O3/c1-17-5-4-7-20(15-17)25(31)28-21-12-9-19(10-13-21)26(32)29-27-16-23-22-8-3-2-6-18(22)11-14-24(23)30/h2-16,30H,1H3,(H,28,31)(H,29,32). The van der Waals surface area contributed by atoms with Crippen LogP contribution in [0.4, 0.5) is 5.69 Å². The van der Waals surface area contributed by atoms with Gasteiger partial charge < -0.3 is 10.4 Å². The normalized spacial score (nSPS) is 10.9. The number of benzene rings is 4. The third kappa shape index (κ3) is 4.65. The van der Waals surface area contributed by atoms with Gasteiger partial charge in [-0.25, -0.2) is 5.43 Å². The number of nitrogens with zero attached hydrogens (tertiary/aromatic N) is 1. The van der Waals surface area contributed by atoms with Crippen molar-refractivity contribution in [2.24, 2.45) is 5.10 Å². The molecule has 0 spiro atoms. The van der Waals surface area contributed by atoms with Crippen molar-refractivity contribution >= 4 is 34.5 Å². The molecule has 0 fully saturated rings. The van der Waals surface area contributed by atoms with Gasteiger partial charge in [-0.05, 0) is 60.2 Å². The number of carbonyl (C=O) groups excluding carboxylic acids is 2. The van der Waals surface area contributed by atoms with E-state index < -0.39 is 5.91 Å². The smallest absolute Gasteiger partial charge is 0.271 e. The molecule has 3 N–H and O–H groups in total.